The SMILES string of the molecule is Cc1ccc(Br)cc1S(=O)(=O)NN1C(C)CCCC1C. The first-order chi connectivity index (χ1) is 9.31. The van der Waals surface area contributed by atoms with E-state index in [2.05, 4.69) is 34.6 Å². The van der Waals surface area contributed by atoms with Gasteiger partial charge in [-0.25, -0.2) is 13.4 Å². The molecule has 0 radical (unpaired) electrons. The van der Waals surface area contributed by atoms with E-state index in [-0.39, 0.29) is 12.1 Å². The Labute approximate surface area is 129 Å². The number of piperidine rings is 1. The van der Waals surface area contributed by atoms with Crippen molar-refractivity contribution in [3.63, 3.8) is 0 Å². The summed E-state index contributed by atoms with van der Waals surface area (Å²) in [6.07, 6.45) is 3.19. The average molecular weight is 361 g/mol. The van der Waals surface area contributed by atoms with Crippen LogP contribution in [0.2, 0.25) is 0 Å². The van der Waals surface area contributed by atoms with E-state index in [9.17, 15) is 8.42 Å². The lowest BCUT2D eigenvalue weighted by molar-refractivity contribution is 0.0790. The molecule has 2 unspecified atom stereocenters. The maximum atomic E-state index is 12.6. The third kappa shape index (κ3) is 3.42. The number of nitrogens with one attached hydrogen (secondary N) is 1. The number of rotatable bonds is 3. The Morgan fingerprint density at radius 3 is 2.45 bits per heavy atom. The first-order valence-corrected chi connectivity index (χ1v) is 9.16. The fourth-order valence-corrected chi connectivity index (χ4v) is 4.68. The molecular weight excluding hydrogens is 340 g/mol. The van der Waals surface area contributed by atoms with Crippen LogP contribution in [0.4, 0.5) is 0 Å². The van der Waals surface area contributed by atoms with Gasteiger partial charge in [-0.15, -0.1) is 4.83 Å². The highest BCUT2D eigenvalue weighted by molar-refractivity contribution is 9.10. The van der Waals surface area contributed by atoms with Crippen LogP contribution < -0.4 is 4.83 Å². The number of halogens is 1. The van der Waals surface area contributed by atoms with E-state index in [0.717, 1.165) is 29.3 Å². The maximum Gasteiger partial charge on any atom is 0.253 e. The van der Waals surface area contributed by atoms with Crippen molar-refractivity contribution in [3.8, 4) is 0 Å². The quantitative estimate of drug-likeness (QED) is 0.900. The monoisotopic (exact) mass is 360 g/mol. The molecule has 1 heterocycles. The Kier molecular flexibility index (Phi) is 4.89. The predicted molar refractivity (Wildman–Crippen MR) is 83.8 cm³/mol. The van der Waals surface area contributed by atoms with E-state index < -0.39 is 10.0 Å². The smallest absolute Gasteiger partial charge is 0.225 e. The molecule has 4 nitrogen and oxygen atoms in total. The van der Waals surface area contributed by atoms with Gasteiger partial charge in [0.2, 0.25) is 0 Å². The van der Waals surface area contributed by atoms with Gasteiger partial charge in [-0.1, -0.05) is 28.4 Å². The predicted octanol–water partition coefficient (Wildman–Crippen LogP) is 3.21. The van der Waals surface area contributed by atoms with Gasteiger partial charge in [0.05, 0.1) is 4.90 Å². The normalized spacial score (nSPS) is 24.8. The van der Waals surface area contributed by atoms with Gasteiger partial charge in [-0.2, -0.15) is 0 Å². The van der Waals surface area contributed by atoms with Crippen LogP contribution in [0.1, 0.15) is 38.7 Å². The van der Waals surface area contributed by atoms with Gasteiger partial charge in [-0.05, 0) is 51.3 Å². The number of hydrogen-bond donors (Lipinski definition) is 1. The molecular formula is C14H21BrN2O2S. The third-order valence-corrected chi connectivity index (χ3v) is 5.82. The van der Waals surface area contributed by atoms with E-state index >= 15 is 0 Å². The van der Waals surface area contributed by atoms with Gasteiger partial charge in [0.1, 0.15) is 0 Å². The molecule has 1 aromatic carbocycles. The molecule has 112 valence electrons. The van der Waals surface area contributed by atoms with Crippen LogP contribution in [0.15, 0.2) is 27.6 Å². The van der Waals surface area contributed by atoms with Crippen LogP contribution in [0.25, 0.3) is 0 Å². The van der Waals surface area contributed by atoms with Crippen molar-refractivity contribution < 1.29 is 8.42 Å². The third-order valence-electron chi connectivity index (χ3n) is 3.86. The van der Waals surface area contributed by atoms with Crippen molar-refractivity contribution >= 4 is 26.0 Å². The summed E-state index contributed by atoms with van der Waals surface area (Å²) in [4.78, 5) is 3.09. The van der Waals surface area contributed by atoms with E-state index in [1.807, 2.05) is 24.1 Å². The van der Waals surface area contributed by atoms with Gasteiger partial charge >= 0.3 is 0 Å². The maximum absolute atomic E-state index is 12.6. The molecule has 1 saturated heterocycles. The molecule has 1 fully saturated rings. The fourth-order valence-electron chi connectivity index (χ4n) is 2.65. The second-order valence-corrected chi connectivity index (χ2v) is 8.09. The summed E-state index contributed by atoms with van der Waals surface area (Å²) in [6, 6.07) is 5.75. The molecule has 1 N–H and O–H groups in total. The Bertz CT molecular complexity index is 579. The number of hydrazine groups is 1. The summed E-state index contributed by atoms with van der Waals surface area (Å²) in [6.45, 7) is 5.93. The van der Waals surface area contributed by atoms with Crippen LogP contribution >= 0.6 is 15.9 Å². The van der Waals surface area contributed by atoms with E-state index in [1.165, 1.54) is 0 Å². The minimum atomic E-state index is -3.53. The van der Waals surface area contributed by atoms with Crippen LogP contribution in [-0.4, -0.2) is 25.5 Å². The van der Waals surface area contributed by atoms with Crippen LogP contribution in [0.5, 0.6) is 0 Å². The van der Waals surface area contributed by atoms with Crippen LogP contribution in [0, 0.1) is 6.92 Å². The minimum Gasteiger partial charge on any atom is -0.225 e. The lowest BCUT2D eigenvalue weighted by Crippen LogP contribution is -2.54. The zero-order valence-electron chi connectivity index (χ0n) is 12.1. The minimum absolute atomic E-state index is 0.223. The molecule has 1 aliphatic rings. The number of hydrogen-bond acceptors (Lipinski definition) is 3. The van der Waals surface area contributed by atoms with E-state index in [4.69, 9.17) is 0 Å². The topological polar surface area (TPSA) is 49.4 Å². The largest absolute Gasteiger partial charge is 0.253 e. The summed E-state index contributed by atoms with van der Waals surface area (Å²) >= 11 is 3.33. The molecule has 0 saturated carbocycles. The number of benzene rings is 1. The van der Waals surface area contributed by atoms with Gasteiger partial charge in [-0.3, -0.25) is 0 Å². The molecule has 6 heteroatoms. The van der Waals surface area contributed by atoms with Gasteiger partial charge in [0.15, 0.2) is 0 Å². The molecule has 0 aromatic heterocycles. The Morgan fingerprint density at radius 2 is 1.85 bits per heavy atom. The van der Waals surface area contributed by atoms with Crippen molar-refractivity contribution in [2.75, 3.05) is 0 Å². The Hall–Kier alpha value is -0.430. The average Bonchev–Trinajstić information content (AvgIpc) is 2.37. The van der Waals surface area contributed by atoms with Crippen molar-refractivity contribution in [1.29, 1.82) is 0 Å². The number of aryl methyl sites for hydroxylation is 1. The van der Waals surface area contributed by atoms with Gasteiger partial charge < -0.3 is 0 Å². The van der Waals surface area contributed by atoms with Gasteiger partial charge in [0.25, 0.3) is 10.0 Å². The Balaban J connectivity index is 2.28. The zero-order valence-corrected chi connectivity index (χ0v) is 14.5. The highest BCUT2D eigenvalue weighted by Gasteiger charge is 2.29. The molecule has 1 aromatic rings. The molecule has 0 amide bonds. The molecule has 2 atom stereocenters. The second-order valence-electron chi connectivity index (χ2n) is 5.54. The summed E-state index contributed by atoms with van der Waals surface area (Å²) in [5.41, 5.74) is 0.748. The lowest BCUT2D eigenvalue weighted by Gasteiger charge is -2.38. The summed E-state index contributed by atoms with van der Waals surface area (Å²) in [5.74, 6) is 0. The first-order valence-electron chi connectivity index (χ1n) is 6.88. The van der Waals surface area contributed by atoms with Crippen LogP contribution in [0.3, 0.4) is 0 Å². The van der Waals surface area contributed by atoms with E-state index in [0.29, 0.717) is 4.90 Å². The fraction of sp³-hybridized carbons (Fsp3) is 0.571. The molecule has 1 aliphatic heterocycles. The Morgan fingerprint density at radius 1 is 1.25 bits per heavy atom. The molecule has 2 rings (SSSR count). The highest BCUT2D eigenvalue weighted by Crippen LogP contribution is 2.24. The molecule has 0 spiro atoms. The number of nitrogens with zero attached hydrogens (tertiary/aromatic N) is 1. The molecule has 0 bridgehead atoms. The van der Waals surface area contributed by atoms with Crippen molar-refractivity contribution in [2.24, 2.45) is 0 Å². The summed E-state index contributed by atoms with van der Waals surface area (Å²) < 4.78 is 25.9. The van der Waals surface area contributed by atoms with Crippen LogP contribution in [-0.2, 0) is 10.0 Å². The zero-order chi connectivity index (χ0) is 14.9. The van der Waals surface area contributed by atoms with Gasteiger partial charge in [0, 0.05) is 16.6 Å². The van der Waals surface area contributed by atoms with Crippen molar-refractivity contribution in [3.05, 3.63) is 28.2 Å². The standard InChI is InChI=1S/C14H21BrN2O2S/c1-10-7-8-13(15)9-14(10)20(18,19)16-17-11(2)5-4-6-12(17)3/h7-9,11-12,16H,4-6H2,1-3H3. The molecule has 0 aliphatic carbocycles. The van der Waals surface area contributed by atoms with Crippen molar-refractivity contribution in [1.82, 2.24) is 9.84 Å². The van der Waals surface area contributed by atoms with Crippen molar-refractivity contribution in [2.45, 2.75) is 57.0 Å². The highest BCUT2D eigenvalue weighted by atomic mass is 79.9. The molecule has 20 heavy (non-hydrogen) atoms. The second kappa shape index (κ2) is 6.13. The summed E-state index contributed by atoms with van der Waals surface area (Å²) in [7, 11) is -3.53. The first kappa shape index (κ1) is 15.9. The summed E-state index contributed by atoms with van der Waals surface area (Å²) in [5, 5.41) is 1.87. The van der Waals surface area contributed by atoms with E-state index in [1.54, 1.807) is 6.07 Å². The number of sulfonamides is 1. The lowest BCUT2D eigenvalue weighted by atomic mass is 10.0.